The molecule has 0 atom stereocenters. The molecular weight excluding hydrogens is 212 g/mol. The summed E-state index contributed by atoms with van der Waals surface area (Å²) in [7, 11) is 0. The predicted octanol–water partition coefficient (Wildman–Crippen LogP) is -0.631. The molecule has 74 valence electrons. The highest BCUT2D eigenvalue weighted by Crippen LogP contribution is 2.10. The van der Waals surface area contributed by atoms with Crippen molar-refractivity contribution in [3.63, 3.8) is 0 Å². The molecule has 0 spiro atoms. The van der Waals surface area contributed by atoms with E-state index < -0.39 is 11.7 Å². The molecule has 1 amide bonds. The second-order valence-corrected chi connectivity index (χ2v) is 2.69. The van der Waals surface area contributed by atoms with Crippen LogP contribution in [0.15, 0.2) is 5.16 Å². The van der Waals surface area contributed by atoms with Crippen molar-refractivity contribution in [2.24, 2.45) is 5.16 Å². The van der Waals surface area contributed by atoms with Crippen LogP contribution < -0.4 is 5.32 Å². The number of nitrogens with one attached hydrogen (secondary N) is 1. The lowest BCUT2D eigenvalue weighted by atomic mass is 10.4. The van der Waals surface area contributed by atoms with Crippen LogP contribution in [0.3, 0.4) is 0 Å². The second kappa shape index (κ2) is 4.28. The Hall–Kier alpha value is -2.03. The zero-order valence-corrected chi connectivity index (χ0v) is 7.35. The fraction of sp³-hybridized carbons (Fsp3) is 0. The molecule has 0 fully saturated rings. The van der Waals surface area contributed by atoms with Crippen LogP contribution in [0.2, 0.25) is 0 Å². The number of oxime groups is 1. The molecule has 0 unspecified atom stereocenters. The van der Waals surface area contributed by atoms with E-state index in [1.807, 2.05) is 0 Å². The highest BCUT2D eigenvalue weighted by molar-refractivity contribution is 7.10. The SMILES string of the molecule is O=CNc1nc(C(=NO)C(=O)O)ns1. The van der Waals surface area contributed by atoms with Gasteiger partial charge in [0, 0.05) is 11.5 Å². The molecule has 1 rings (SSSR count). The van der Waals surface area contributed by atoms with E-state index in [2.05, 4.69) is 19.8 Å². The molecule has 0 aromatic carbocycles. The van der Waals surface area contributed by atoms with E-state index in [1.54, 1.807) is 0 Å². The van der Waals surface area contributed by atoms with Gasteiger partial charge in [-0.05, 0) is 0 Å². The monoisotopic (exact) mass is 216 g/mol. The number of nitrogens with zero attached hydrogens (tertiary/aromatic N) is 3. The van der Waals surface area contributed by atoms with Crippen LogP contribution in [0.25, 0.3) is 0 Å². The second-order valence-electron chi connectivity index (χ2n) is 1.94. The van der Waals surface area contributed by atoms with Gasteiger partial charge in [-0.15, -0.1) is 0 Å². The normalized spacial score (nSPS) is 11.0. The van der Waals surface area contributed by atoms with Crippen molar-refractivity contribution in [3.8, 4) is 0 Å². The average Bonchev–Trinajstić information content (AvgIpc) is 2.54. The van der Waals surface area contributed by atoms with E-state index in [1.165, 1.54) is 0 Å². The zero-order valence-electron chi connectivity index (χ0n) is 6.54. The number of hydrogen-bond acceptors (Lipinski definition) is 7. The van der Waals surface area contributed by atoms with Gasteiger partial charge in [-0.25, -0.2) is 4.79 Å². The van der Waals surface area contributed by atoms with Gasteiger partial charge in [0.2, 0.25) is 23.1 Å². The molecule has 1 aromatic rings. The summed E-state index contributed by atoms with van der Waals surface area (Å²) in [6.45, 7) is 0. The highest BCUT2D eigenvalue weighted by atomic mass is 32.1. The first-order valence-corrected chi connectivity index (χ1v) is 3.96. The molecule has 3 N–H and O–H groups in total. The van der Waals surface area contributed by atoms with Gasteiger partial charge in [-0.3, -0.25) is 4.79 Å². The van der Waals surface area contributed by atoms with E-state index in [0.29, 0.717) is 6.41 Å². The number of carbonyl (C=O) groups excluding carboxylic acids is 1. The Morgan fingerprint density at radius 2 is 2.36 bits per heavy atom. The molecule has 0 aliphatic heterocycles. The summed E-state index contributed by atoms with van der Waals surface area (Å²) >= 11 is 0.776. The molecule has 1 aromatic heterocycles. The molecular formula is C5H4N4O4S. The molecule has 0 saturated heterocycles. The molecule has 0 aliphatic carbocycles. The van der Waals surface area contributed by atoms with Gasteiger partial charge in [0.25, 0.3) is 0 Å². The summed E-state index contributed by atoms with van der Waals surface area (Å²) in [5.74, 6) is -1.71. The van der Waals surface area contributed by atoms with Gasteiger partial charge < -0.3 is 15.6 Å². The number of rotatable bonds is 4. The number of carboxylic acid groups (broad SMARTS) is 1. The minimum Gasteiger partial charge on any atom is -0.476 e. The number of hydrogen-bond donors (Lipinski definition) is 3. The summed E-state index contributed by atoms with van der Waals surface area (Å²) in [6, 6.07) is 0. The van der Waals surface area contributed by atoms with Gasteiger partial charge in [-0.2, -0.15) is 9.36 Å². The molecule has 1 heterocycles. The quantitative estimate of drug-likeness (QED) is 0.266. The number of carbonyl (C=O) groups is 2. The number of amides is 1. The Morgan fingerprint density at radius 1 is 1.64 bits per heavy atom. The van der Waals surface area contributed by atoms with Gasteiger partial charge in [0.05, 0.1) is 0 Å². The number of aromatic nitrogens is 2. The van der Waals surface area contributed by atoms with E-state index >= 15 is 0 Å². The van der Waals surface area contributed by atoms with E-state index in [-0.39, 0.29) is 11.0 Å². The number of anilines is 1. The van der Waals surface area contributed by atoms with Crippen LogP contribution in [0, 0.1) is 0 Å². The molecule has 9 heteroatoms. The maximum absolute atomic E-state index is 10.4. The summed E-state index contributed by atoms with van der Waals surface area (Å²) in [6.07, 6.45) is 0.376. The van der Waals surface area contributed by atoms with Crippen LogP contribution in [0.1, 0.15) is 5.82 Å². The summed E-state index contributed by atoms with van der Waals surface area (Å²) in [4.78, 5) is 24.0. The van der Waals surface area contributed by atoms with Gasteiger partial charge >= 0.3 is 5.97 Å². The van der Waals surface area contributed by atoms with E-state index in [4.69, 9.17) is 10.3 Å². The third-order valence-corrected chi connectivity index (χ3v) is 1.77. The van der Waals surface area contributed by atoms with Crippen molar-refractivity contribution < 1.29 is 19.9 Å². The van der Waals surface area contributed by atoms with Crippen molar-refractivity contribution in [3.05, 3.63) is 5.82 Å². The summed E-state index contributed by atoms with van der Waals surface area (Å²) in [5, 5.41) is 21.7. The molecule has 14 heavy (non-hydrogen) atoms. The van der Waals surface area contributed by atoms with Crippen LogP contribution in [-0.4, -0.2) is 37.8 Å². The molecule has 0 bridgehead atoms. The smallest absolute Gasteiger partial charge is 0.361 e. The molecule has 0 radical (unpaired) electrons. The van der Waals surface area contributed by atoms with Crippen molar-refractivity contribution in [1.82, 2.24) is 9.36 Å². The average molecular weight is 216 g/mol. The van der Waals surface area contributed by atoms with Crippen molar-refractivity contribution in [2.45, 2.75) is 0 Å². The van der Waals surface area contributed by atoms with Crippen LogP contribution in [-0.2, 0) is 9.59 Å². The maximum atomic E-state index is 10.4. The number of carboxylic acids is 1. The minimum atomic E-state index is -1.46. The predicted molar refractivity (Wildman–Crippen MR) is 45.6 cm³/mol. The van der Waals surface area contributed by atoms with E-state index in [9.17, 15) is 9.59 Å². The Morgan fingerprint density at radius 3 is 2.86 bits per heavy atom. The molecule has 0 aliphatic rings. The zero-order chi connectivity index (χ0) is 10.6. The van der Waals surface area contributed by atoms with Gasteiger partial charge in [-0.1, -0.05) is 5.16 Å². The maximum Gasteiger partial charge on any atom is 0.361 e. The Bertz CT molecular complexity index is 387. The fourth-order valence-corrected chi connectivity index (χ4v) is 1.14. The van der Waals surface area contributed by atoms with Gasteiger partial charge in [0.15, 0.2) is 0 Å². The number of aliphatic carboxylic acids is 1. The van der Waals surface area contributed by atoms with Crippen molar-refractivity contribution >= 4 is 34.8 Å². The van der Waals surface area contributed by atoms with Crippen molar-refractivity contribution in [1.29, 1.82) is 0 Å². The molecule has 8 nitrogen and oxygen atoms in total. The fourth-order valence-electron chi connectivity index (χ4n) is 0.612. The molecule has 0 saturated carbocycles. The largest absolute Gasteiger partial charge is 0.476 e. The van der Waals surface area contributed by atoms with Crippen molar-refractivity contribution in [2.75, 3.05) is 5.32 Å². The van der Waals surface area contributed by atoms with Crippen LogP contribution >= 0.6 is 11.5 Å². The lowest BCUT2D eigenvalue weighted by molar-refractivity contribution is -0.129. The Kier molecular flexibility index (Phi) is 3.07. The Labute approximate surface area is 81.1 Å². The third-order valence-electron chi connectivity index (χ3n) is 1.12. The Balaban J connectivity index is 2.95. The standard InChI is InChI=1S/C5H4N4O4S/c10-1-6-5-7-3(9-14-5)2(8-13)4(11)12/h1,13H,(H,11,12)(H,6,7,9,10). The first-order chi connectivity index (χ1) is 6.69. The summed E-state index contributed by atoms with van der Waals surface area (Å²) in [5.41, 5.74) is -0.680. The lowest BCUT2D eigenvalue weighted by Crippen LogP contribution is -2.16. The topological polar surface area (TPSA) is 125 Å². The lowest BCUT2D eigenvalue weighted by Gasteiger charge is -1.90. The first-order valence-electron chi connectivity index (χ1n) is 3.18. The van der Waals surface area contributed by atoms with E-state index in [0.717, 1.165) is 11.5 Å². The van der Waals surface area contributed by atoms with Gasteiger partial charge in [0.1, 0.15) is 0 Å². The first kappa shape index (κ1) is 10.1. The summed E-state index contributed by atoms with van der Waals surface area (Å²) < 4.78 is 3.56. The van der Waals surface area contributed by atoms with Crippen LogP contribution in [0.4, 0.5) is 5.13 Å². The minimum absolute atomic E-state index is 0.123. The highest BCUT2D eigenvalue weighted by Gasteiger charge is 2.18. The van der Waals surface area contributed by atoms with Crippen LogP contribution in [0.5, 0.6) is 0 Å². The third kappa shape index (κ3) is 2.01.